The summed E-state index contributed by atoms with van der Waals surface area (Å²) in [5, 5.41) is 4.63. The van der Waals surface area contributed by atoms with E-state index in [0.717, 1.165) is 60.6 Å². The van der Waals surface area contributed by atoms with E-state index in [4.69, 9.17) is 0 Å². The van der Waals surface area contributed by atoms with Gasteiger partial charge >= 0.3 is 0 Å². The minimum Gasteiger partial charge on any atom is -0.379 e. The van der Waals surface area contributed by atoms with Crippen molar-refractivity contribution in [3.63, 3.8) is 0 Å². The van der Waals surface area contributed by atoms with Gasteiger partial charge in [0.2, 0.25) is 10.0 Å². The zero-order valence-corrected chi connectivity index (χ0v) is 20.0. The maximum Gasteiger partial charge on any atom is 0.229 e. The van der Waals surface area contributed by atoms with Crippen LogP contribution in [0.25, 0.3) is 10.9 Å². The molecule has 33 heavy (non-hydrogen) atoms. The molecule has 2 aromatic heterocycles. The fraction of sp³-hybridized carbons (Fsp3) is 0.458. The molecular weight excluding hydrogens is 436 g/mol. The highest BCUT2D eigenvalue weighted by Gasteiger charge is 2.27. The summed E-state index contributed by atoms with van der Waals surface area (Å²) in [5.41, 5.74) is 3.90. The Balaban J connectivity index is 1.20. The summed E-state index contributed by atoms with van der Waals surface area (Å²) >= 11 is 0. The van der Waals surface area contributed by atoms with E-state index in [0.29, 0.717) is 17.8 Å². The topological polar surface area (TPSA) is 93.4 Å². The van der Waals surface area contributed by atoms with Gasteiger partial charge in [0.15, 0.2) is 5.82 Å². The van der Waals surface area contributed by atoms with Crippen molar-refractivity contribution in [3.05, 3.63) is 48.3 Å². The second-order valence-corrected chi connectivity index (χ2v) is 11.1. The number of fused-ring (bicyclic) bond motifs is 1. The molecule has 1 saturated carbocycles. The Morgan fingerprint density at radius 3 is 2.67 bits per heavy atom. The number of rotatable bonds is 8. The molecule has 3 N–H and O–H groups in total. The third-order valence-corrected chi connectivity index (χ3v) is 7.14. The number of hydrogen-bond acceptors (Lipinski definition) is 6. The van der Waals surface area contributed by atoms with Gasteiger partial charge in [-0.3, -0.25) is 9.62 Å². The predicted molar refractivity (Wildman–Crippen MR) is 134 cm³/mol. The van der Waals surface area contributed by atoms with E-state index in [1.165, 1.54) is 19.1 Å². The standard InChI is InChI=1S/C24H32N6O2S/c1-29(24-23(4-3-11-25-24)26-18-5-6-18)21-9-12-30(13-10-21)16-20-15-17-14-19(28-33(2,31)32)7-8-22(17)27-20/h3-4,7-8,11,14-15,18,21,26-28H,5-6,9-10,12-13,16H2,1-2H3. The summed E-state index contributed by atoms with van der Waals surface area (Å²) in [5.74, 6) is 1.05. The summed E-state index contributed by atoms with van der Waals surface area (Å²) in [6, 6.07) is 12.9. The number of nitrogens with one attached hydrogen (secondary N) is 3. The lowest BCUT2D eigenvalue weighted by molar-refractivity contribution is 0.201. The Morgan fingerprint density at radius 2 is 1.94 bits per heavy atom. The number of likely N-dealkylation sites (tertiary alicyclic amines) is 1. The van der Waals surface area contributed by atoms with E-state index < -0.39 is 10.0 Å². The summed E-state index contributed by atoms with van der Waals surface area (Å²) in [7, 11) is -1.11. The first-order valence-electron chi connectivity index (χ1n) is 11.6. The molecule has 0 spiro atoms. The van der Waals surface area contributed by atoms with Crippen molar-refractivity contribution in [2.75, 3.05) is 41.3 Å². The van der Waals surface area contributed by atoms with Gasteiger partial charge in [-0.2, -0.15) is 0 Å². The van der Waals surface area contributed by atoms with Gasteiger partial charge in [0.1, 0.15) is 0 Å². The van der Waals surface area contributed by atoms with Crippen molar-refractivity contribution < 1.29 is 8.42 Å². The van der Waals surface area contributed by atoms with Crippen LogP contribution in [0.3, 0.4) is 0 Å². The lowest BCUT2D eigenvalue weighted by Gasteiger charge is -2.37. The zero-order valence-electron chi connectivity index (χ0n) is 19.2. The molecule has 9 heteroatoms. The Bertz CT molecular complexity index is 1230. The molecule has 1 aromatic carbocycles. The van der Waals surface area contributed by atoms with Crippen molar-refractivity contribution in [2.24, 2.45) is 0 Å². The third-order valence-electron chi connectivity index (χ3n) is 6.54. The van der Waals surface area contributed by atoms with Crippen molar-refractivity contribution in [1.82, 2.24) is 14.9 Å². The van der Waals surface area contributed by atoms with Crippen LogP contribution in [0, 0.1) is 0 Å². The number of sulfonamides is 1. The maximum atomic E-state index is 11.5. The van der Waals surface area contributed by atoms with E-state index in [2.05, 4.69) is 49.0 Å². The lowest BCUT2D eigenvalue weighted by Crippen LogP contribution is -2.43. The van der Waals surface area contributed by atoms with E-state index in [1.54, 1.807) is 6.07 Å². The number of nitrogens with zero attached hydrogens (tertiary/aromatic N) is 3. The lowest BCUT2D eigenvalue weighted by atomic mass is 10.0. The average molecular weight is 469 g/mol. The number of piperidine rings is 1. The molecular formula is C24H32N6O2S. The smallest absolute Gasteiger partial charge is 0.229 e. The molecule has 3 aromatic rings. The Hall–Kier alpha value is -2.78. The van der Waals surface area contributed by atoms with E-state index in [9.17, 15) is 8.42 Å². The first-order chi connectivity index (χ1) is 15.8. The number of aromatic amines is 1. The summed E-state index contributed by atoms with van der Waals surface area (Å²) in [4.78, 5) is 13.0. The second kappa shape index (κ2) is 8.87. The Labute approximate surface area is 195 Å². The molecule has 0 radical (unpaired) electrons. The van der Waals surface area contributed by atoms with E-state index in [1.807, 2.05) is 24.4 Å². The third kappa shape index (κ3) is 5.42. The first kappa shape index (κ1) is 22.0. The highest BCUT2D eigenvalue weighted by Crippen LogP contribution is 2.32. The van der Waals surface area contributed by atoms with Crippen molar-refractivity contribution >= 4 is 38.1 Å². The van der Waals surface area contributed by atoms with Gasteiger partial charge in [-0.25, -0.2) is 13.4 Å². The van der Waals surface area contributed by atoms with E-state index in [-0.39, 0.29) is 0 Å². The van der Waals surface area contributed by atoms with E-state index >= 15 is 0 Å². The van der Waals surface area contributed by atoms with Gasteiger partial charge in [0, 0.05) is 67.2 Å². The number of pyridine rings is 1. The number of anilines is 3. The normalized spacial score (nSPS) is 17.9. The molecule has 1 aliphatic carbocycles. The SMILES string of the molecule is CN(c1ncccc1NC1CC1)C1CCN(Cc2cc3cc(NS(C)(=O)=O)ccc3[nH]2)CC1. The minimum absolute atomic E-state index is 0.475. The van der Waals surface area contributed by atoms with Crippen LogP contribution in [0.2, 0.25) is 0 Å². The number of H-pyrrole nitrogens is 1. The largest absolute Gasteiger partial charge is 0.379 e. The highest BCUT2D eigenvalue weighted by atomic mass is 32.2. The molecule has 0 unspecified atom stereocenters. The van der Waals surface area contributed by atoms with Gasteiger partial charge < -0.3 is 15.2 Å². The zero-order chi connectivity index (χ0) is 23.0. The second-order valence-electron chi connectivity index (χ2n) is 9.38. The minimum atomic E-state index is -3.28. The number of aromatic nitrogens is 2. The molecule has 5 rings (SSSR count). The molecule has 0 amide bonds. The first-order valence-corrected chi connectivity index (χ1v) is 13.5. The van der Waals surface area contributed by atoms with Crippen LogP contribution >= 0.6 is 0 Å². The predicted octanol–water partition coefficient (Wildman–Crippen LogP) is 3.61. The quantitative estimate of drug-likeness (QED) is 0.468. The molecule has 1 saturated heterocycles. The molecule has 2 fully saturated rings. The molecule has 8 nitrogen and oxygen atoms in total. The number of hydrogen-bond donors (Lipinski definition) is 3. The molecule has 2 aliphatic rings. The highest BCUT2D eigenvalue weighted by molar-refractivity contribution is 7.92. The van der Waals surface area contributed by atoms with Crippen LogP contribution in [0.5, 0.6) is 0 Å². The summed E-state index contributed by atoms with van der Waals surface area (Å²) in [6.07, 6.45) is 7.74. The maximum absolute atomic E-state index is 11.5. The van der Waals surface area contributed by atoms with Crippen LogP contribution in [-0.4, -0.2) is 61.8 Å². The van der Waals surface area contributed by atoms with Crippen molar-refractivity contribution in [3.8, 4) is 0 Å². The fourth-order valence-corrected chi connectivity index (χ4v) is 5.23. The molecule has 3 heterocycles. The van der Waals surface area contributed by atoms with Crippen molar-refractivity contribution in [1.29, 1.82) is 0 Å². The summed E-state index contributed by atoms with van der Waals surface area (Å²) < 4.78 is 25.5. The fourth-order valence-electron chi connectivity index (χ4n) is 4.67. The van der Waals surface area contributed by atoms with Gasteiger partial charge in [-0.15, -0.1) is 0 Å². The molecule has 1 aliphatic heterocycles. The van der Waals surface area contributed by atoms with Gasteiger partial charge in [-0.05, 0) is 62.1 Å². The monoisotopic (exact) mass is 468 g/mol. The van der Waals surface area contributed by atoms with Gasteiger partial charge in [0.25, 0.3) is 0 Å². The van der Waals surface area contributed by atoms with Crippen LogP contribution in [-0.2, 0) is 16.6 Å². The van der Waals surface area contributed by atoms with Gasteiger partial charge in [-0.1, -0.05) is 0 Å². The summed E-state index contributed by atoms with van der Waals surface area (Å²) in [6.45, 7) is 2.92. The Morgan fingerprint density at radius 1 is 1.15 bits per heavy atom. The van der Waals surface area contributed by atoms with Gasteiger partial charge in [0.05, 0.1) is 11.9 Å². The molecule has 0 bridgehead atoms. The van der Waals surface area contributed by atoms with Crippen molar-refractivity contribution in [2.45, 2.75) is 44.3 Å². The number of benzene rings is 1. The molecule has 0 atom stereocenters. The average Bonchev–Trinajstić information content (AvgIpc) is 3.50. The Kier molecular flexibility index (Phi) is 5.92. The van der Waals surface area contributed by atoms with Crippen LogP contribution in [0.4, 0.5) is 17.2 Å². The molecule has 176 valence electrons. The van der Waals surface area contributed by atoms with Crippen LogP contribution < -0.4 is 14.9 Å². The van der Waals surface area contributed by atoms with Crippen LogP contribution in [0.15, 0.2) is 42.6 Å². The van der Waals surface area contributed by atoms with Crippen LogP contribution in [0.1, 0.15) is 31.4 Å².